The van der Waals surface area contributed by atoms with Crippen LogP contribution in [0, 0.1) is 0 Å². The Kier molecular flexibility index (Phi) is 8.33. The number of primary amides is 1. The van der Waals surface area contributed by atoms with Gasteiger partial charge in [0.05, 0.1) is 18.7 Å². The Balaban J connectivity index is 1.97. The largest absolute Gasteiger partial charge is 0.491 e. The molecule has 0 aromatic heterocycles. The first-order valence-electron chi connectivity index (χ1n) is 9.31. The molecule has 1 aliphatic rings. The SMILES string of the molecule is CCOc1cc(/C=C/C(=O)OCC(=O)N2CCCC[C@@H]2C(N)=O)cc(Cl)c1OC. The van der Waals surface area contributed by atoms with Crippen LogP contribution in [0.1, 0.15) is 31.7 Å². The zero-order chi connectivity index (χ0) is 21.4. The Labute approximate surface area is 174 Å². The van der Waals surface area contributed by atoms with E-state index in [-0.39, 0.29) is 0 Å². The van der Waals surface area contributed by atoms with Gasteiger partial charge < -0.3 is 24.8 Å². The van der Waals surface area contributed by atoms with Gasteiger partial charge >= 0.3 is 5.97 Å². The van der Waals surface area contributed by atoms with E-state index in [1.54, 1.807) is 12.1 Å². The topological polar surface area (TPSA) is 108 Å². The Morgan fingerprint density at radius 1 is 1.31 bits per heavy atom. The summed E-state index contributed by atoms with van der Waals surface area (Å²) in [5.74, 6) is -0.833. The van der Waals surface area contributed by atoms with E-state index in [4.69, 9.17) is 31.5 Å². The van der Waals surface area contributed by atoms with Crippen LogP contribution in [0.5, 0.6) is 11.5 Å². The van der Waals surface area contributed by atoms with Crippen molar-refractivity contribution in [3.05, 3.63) is 28.8 Å². The van der Waals surface area contributed by atoms with Crippen LogP contribution >= 0.6 is 11.6 Å². The van der Waals surface area contributed by atoms with Crippen LogP contribution in [0.3, 0.4) is 0 Å². The molecule has 1 atom stereocenters. The maximum Gasteiger partial charge on any atom is 0.331 e. The van der Waals surface area contributed by atoms with Gasteiger partial charge in [-0.15, -0.1) is 0 Å². The molecule has 0 unspecified atom stereocenters. The summed E-state index contributed by atoms with van der Waals surface area (Å²) in [7, 11) is 1.48. The van der Waals surface area contributed by atoms with Crippen molar-refractivity contribution >= 4 is 35.5 Å². The predicted molar refractivity (Wildman–Crippen MR) is 108 cm³/mol. The fraction of sp³-hybridized carbons (Fsp3) is 0.450. The summed E-state index contributed by atoms with van der Waals surface area (Å²) in [6, 6.07) is 2.64. The summed E-state index contributed by atoms with van der Waals surface area (Å²) in [6.07, 6.45) is 4.81. The maximum atomic E-state index is 12.3. The number of halogens is 1. The molecule has 158 valence electrons. The average molecular weight is 425 g/mol. The van der Waals surface area contributed by atoms with Crippen molar-refractivity contribution in [1.82, 2.24) is 4.90 Å². The smallest absolute Gasteiger partial charge is 0.331 e. The van der Waals surface area contributed by atoms with Gasteiger partial charge in [0.1, 0.15) is 6.04 Å². The molecule has 0 spiro atoms. The summed E-state index contributed by atoms with van der Waals surface area (Å²) >= 11 is 6.17. The Bertz CT molecular complexity index is 795. The molecule has 1 aliphatic heterocycles. The summed E-state index contributed by atoms with van der Waals surface area (Å²) in [5.41, 5.74) is 5.95. The Morgan fingerprint density at radius 2 is 2.07 bits per heavy atom. The lowest BCUT2D eigenvalue weighted by Gasteiger charge is -2.33. The lowest BCUT2D eigenvalue weighted by atomic mass is 10.0. The van der Waals surface area contributed by atoms with Crippen LogP contribution < -0.4 is 15.2 Å². The van der Waals surface area contributed by atoms with Crippen LogP contribution in [0.15, 0.2) is 18.2 Å². The van der Waals surface area contributed by atoms with Crippen molar-refractivity contribution in [3.8, 4) is 11.5 Å². The Hall–Kier alpha value is -2.74. The van der Waals surface area contributed by atoms with Crippen molar-refractivity contribution in [3.63, 3.8) is 0 Å². The molecule has 2 rings (SSSR count). The van der Waals surface area contributed by atoms with Gasteiger partial charge in [0.15, 0.2) is 18.1 Å². The average Bonchev–Trinajstić information content (AvgIpc) is 2.70. The normalized spacial score (nSPS) is 16.5. The Morgan fingerprint density at radius 3 is 2.72 bits per heavy atom. The second kappa shape index (κ2) is 10.7. The molecule has 0 saturated carbocycles. The highest BCUT2D eigenvalue weighted by Gasteiger charge is 2.30. The summed E-state index contributed by atoms with van der Waals surface area (Å²) in [4.78, 5) is 37.1. The minimum Gasteiger partial charge on any atom is -0.491 e. The summed E-state index contributed by atoms with van der Waals surface area (Å²) in [6.45, 7) is 2.22. The lowest BCUT2D eigenvalue weighted by molar-refractivity contribution is -0.151. The zero-order valence-electron chi connectivity index (χ0n) is 16.5. The van der Waals surface area contributed by atoms with Crippen molar-refractivity contribution in [2.45, 2.75) is 32.2 Å². The summed E-state index contributed by atoms with van der Waals surface area (Å²) < 4.78 is 15.7. The number of ether oxygens (including phenoxy) is 3. The van der Waals surface area contributed by atoms with E-state index in [0.29, 0.717) is 41.7 Å². The van der Waals surface area contributed by atoms with Gasteiger partial charge in [-0.2, -0.15) is 0 Å². The molecule has 29 heavy (non-hydrogen) atoms. The molecule has 0 aliphatic carbocycles. The maximum absolute atomic E-state index is 12.3. The molecule has 2 amide bonds. The number of rotatable bonds is 8. The van der Waals surface area contributed by atoms with E-state index in [1.165, 1.54) is 24.2 Å². The fourth-order valence-corrected chi connectivity index (χ4v) is 3.40. The predicted octanol–water partition coefficient (Wildman–Crippen LogP) is 2.17. The van der Waals surface area contributed by atoms with Gasteiger partial charge in [0, 0.05) is 12.6 Å². The number of hydrogen-bond donors (Lipinski definition) is 1. The van der Waals surface area contributed by atoms with Gasteiger partial charge in [0.2, 0.25) is 5.91 Å². The highest BCUT2D eigenvalue weighted by Crippen LogP contribution is 2.36. The van der Waals surface area contributed by atoms with E-state index in [0.717, 1.165) is 12.8 Å². The van der Waals surface area contributed by atoms with E-state index in [9.17, 15) is 14.4 Å². The first kappa shape index (κ1) is 22.5. The number of nitrogens with two attached hydrogens (primary N) is 1. The van der Waals surface area contributed by atoms with Gasteiger partial charge in [-0.05, 0) is 50.0 Å². The lowest BCUT2D eigenvalue weighted by Crippen LogP contribution is -2.51. The standard InChI is InChI=1S/C20H25ClN2O6/c1-3-28-16-11-13(10-14(21)19(16)27-2)7-8-18(25)29-12-17(24)23-9-5-4-6-15(23)20(22)26/h7-8,10-11,15H,3-6,9,12H2,1-2H3,(H2,22,26)/b8-7+/t15-/m1/s1. The highest BCUT2D eigenvalue weighted by atomic mass is 35.5. The number of likely N-dealkylation sites (tertiary alicyclic amines) is 1. The molecule has 0 bridgehead atoms. The van der Waals surface area contributed by atoms with E-state index < -0.39 is 30.4 Å². The molecule has 1 fully saturated rings. The first-order valence-corrected chi connectivity index (χ1v) is 9.69. The molecule has 2 N–H and O–H groups in total. The molecule has 0 radical (unpaired) electrons. The fourth-order valence-electron chi connectivity index (χ4n) is 3.10. The molecule has 9 heteroatoms. The molecular formula is C20H25ClN2O6. The van der Waals surface area contributed by atoms with Crippen LogP contribution in [0.25, 0.3) is 6.08 Å². The molecular weight excluding hydrogens is 400 g/mol. The minimum atomic E-state index is -0.698. The molecule has 8 nitrogen and oxygen atoms in total. The van der Waals surface area contributed by atoms with Crippen LogP contribution in [0.4, 0.5) is 0 Å². The van der Waals surface area contributed by atoms with E-state index in [1.807, 2.05) is 6.92 Å². The van der Waals surface area contributed by atoms with Crippen LogP contribution in [-0.2, 0) is 19.1 Å². The minimum absolute atomic E-state index is 0.337. The summed E-state index contributed by atoms with van der Waals surface area (Å²) in [5, 5.41) is 0.337. The number of amides is 2. The van der Waals surface area contributed by atoms with Crippen molar-refractivity contribution < 1.29 is 28.6 Å². The second-order valence-electron chi connectivity index (χ2n) is 6.41. The third-order valence-electron chi connectivity index (χ3n) is 4.44. The number of piperidine rings is 1. The van der Waals surface area contributed by atoms with Gasteiger partial charge in [-0.25, -0.2) is 4.79 Å². The number of nitrogens with zero attached hydrogens (tertiary/aromatic N) is 1. The van der Waals surface area contributed by atoms with Crippen molar-refractivity contribution in [1.29, 1.82) is 0 Å². The molecule has 1 aromatic carbocycles. The molecule has 1 aromatic rings. The van der Waals surface area contributed by atoms with Gasteiger partial charge in [0.25, 0.3) is 5.91 Å². The second-order valence-corrected chi connectivity index (χ2v) is 6.82. The zero-order valence-corrected chi connectivity index (χ0v) is 17.2. The quantitative estimate of drug-likeness (QED) is 0.506. The first-order chi connectivity index (χ1) is 13.9. The van der Waals surface area contributed by atoms with E-state index in [2.05, 4.69) is 0 Å². The van der Waals surface area contributed by atoms with Crippen LogP contribution in [0.2, 0.25) is 5.02 Å². The highest BCUT2D eigenvalue weighted by molar-refractivity contribution is 6.32. The number of carbonyl (C=O) groups is 3. The van der Waals surface area contributed by atoms with Crippen LogP contribution in [-0.4, -0.2) is 55.6 Å². The number of hydrogen-bond acceptors (Lipinski definition) is 6. The van der Waals surface area contributed by atoms with Gasteiger partial charge in [-0.1, -0.05) is 11.6 Å². The number of benzene rings is 1. The van der Waals surface area contributed by atoms with Crippen molar-refractivity contribution in [2.24, 2.45) is 5.73 Å². The third kappa shape index (κ3) is 6.12. The monoisotopic (exact) mass is 424 g/mol. The molecule has 1 heterocycles. The molecule has 1 saturated heterocycles. The number of esters is 1. The number of carbonyl (C=O) groups excluding carboxylic acids is 3. The van der Waals surface area contributed by atoms with Crippen molar-refractivity contribution in [2.75, 3.05) is 26.9 Å². The third-order valence-corrected chi connectivity index (χ3v) is 4.72. The van der Waals surface area contributed by atoms with Gasteiger partial charge in [-0.3, -0.25) is 9.59 Å². The van der Waals surface area contributed by atoms with E-state index >= 15 is 0 Å². The number of methoxy groups -OCH3 is 1.